The molecule has 3 aliphatic rings. The molecular formula is C49H36ClNO. The molecule has 0 amide bonds. The molecule has 2 nitrogen and oxygen atoms in total. The number of aryl methyl sites for hydroxylation is 1. The van der Waals surface area contributed by atoms with Gasteiger partial charge in [-0.15, -0.1) is 0 Å². The highest BCUT2D eigenvalue weighted by atomic mass is 35.5. The fourth-order valence-corrected chi connectivity index (χ4v) is 8.91. The van der Waals surface area contributed by atoms with Crippen LogP contribution in [0.5, 0.6) is 0 Å². The summed E-state index contributed by atoms with van der Waals surface area (Å²) in [6, 6.07) is 43.5. The molecule has 2 heterocycles. The number of para-hydroxylation sites is 2. The van der Waals surface area contributed by atoms with Crippen molar-refractivity contribution in [3.05, 3.63) is 179 Å². The molecular weight excluding hydrogens is 654 g/mol. The van der Waals surface area contributed by atoms with Gasteiger partial charge in [0.2, 0.25) is 0 Å². The summed E-state index contributed by atoms with van der Waals surface area (Å²) in [7, 11) is 0. The van der Waals surface area contributed by atoms with Crippen molar-refractivity contribution in [2.45, 2.75) is 26.7 Å². The van der Waals surface area contributed by atoms with Crippen molar-refractivity contribution in [3.8, 4) is 33.4 Å². The zero-order chi connectivity index (χ0) is 34.9. The molecule has 10 rings (SSSR count). The molecule has 0 bridgehead atoms. The fraction of sp³-hybridized carbons (Fsp3) is 0.102. The minimum Gasteiger partial charge on any atom is -0.456 e. The van der Waals surface area contributed by atoms with Crippen LogP contribution >= 0.6 is 11.6 Å². The number of benzene rings is 6. The maximum absolute atomic E-state index is 7.10. The Hall–Kier alpha value is -5.83. The quantitative estimate of drug-likeness (QED) is 0.183. The number of hydrogen-bond acceptors (Lipinski definition) is 2. The number of rotatable bonds is 4. The van der Waals surface area contributed by atoms with Gasteiger partial charge in [0.1, 0.15) is 11.2 Å². The summed E-state index contributed by atoms with van der Waals surface area (Å²) in [4.78, 5) is 2.37. The number of furan rings is 1. The molecule has 1 unspecified atom stereocenters. The lowest BCUT2D eigenvalue weighted by Crippen LogP contribution is -2.12. The average Bonchev–Trinajstić information content (AvgIpc) is 3.79. The van der Waals surface area contributed by atoms with Crippen molar-refractivity contribution < 1.29 is 4.42 Å². The molecule has 0 radical (unpaired) electrons. The monoisotopic (exact) mass is 689 g/mol. The van der Waals surface area contributed by atoms with E-state index in [1.807, 2.05) is 24.3 Å². The molecule has 0 fully saturated rings. The van der Waals surface area contributed by atoms with E-state index in [0.717, 1.165) is 68.5 Å². The smallest absolute Gasteiger partial charge is 0.136 e. The zero-order valence-electron chi connectivity index (χ0n) is 29.2. The van der Waals surface area contributed by atoms with E-state index in [2.05, 4.69) is 146 Å². The second-order valence-electron chi connectivity index (χ2n) is 14.2. The Bertz CT molecular complexity index is 2740. The van der Waals surface area contributed by atoms with Gasteiger partial charge in [0.15, 0.2) is 0 Å². The van der Waals surface area contributed by atoms with Gasteiger partial charge < -0.3 is 9.32 Å². The predicted octanol–water partition coefficient (Wildman–Crippen LogP) is 14.6. The van der Waals surface area contributed by atoms with Crippen molar-refractivity contribution in [1.29, 1.82) is 0 Å². The van der Waals surface area contributed by atoms with Crippen LogP contribution in [0, 0.1) is 12.8 Å². The van der Waals surface area contributed by atoms with Crippen LogP contribution in [-0.4, -0.2) is 0 Å². The molecule has 7 aromatic rings. The molecule has 1 atom stereocenters. The van der Waals surface area contributed by atoms with Crippen LogP contribution in [0.2, 0.25) is 5.02 Å². The van der Waals surface area contributed by atoms with Crippen molar-refractivity contribution >= 4 is 56.2 Å². The standard InChI is InChI=1S/C49H36ClNO/c1-30-12-3-4-14-34(30)37-18-10-16-35(37)32-24-27-44-41(29-32)48-31(2)13-9-19-38(48)40-28-33(25-26-43(40)51(44)45-21-7-6-20-42(45)50)36-17-11-23-47-49(36)39-15-5-8-22-46(39)52-47/h3-11,13-17,19-30H,12,18H2,1-2H3. The third-order valence-corrected chi connectivity index (χ3v) is 11.5. The molecule has 1 aromatic heterocycles. The maximum Gasteiger partial charge on any atom is 0.136 e. The minimum atomic E-state index is 0.504. The third-order valence-electron chi connectivity index (χ3n) is 11.1. The molecule has 3 heteroatoms. The molecule has 0 saturated carbocycles. The van der Waals surface area contributed by atoms with Crippen molar-refractivity contribution in [2.24, 2.45) is 5.92 Å². The number of hydrogen-bond donors (Lipinski definition) is 0. The molecule has 0 N–H and O–H groups in total. The van der Waals surface area contributed by atoms with Gasteiger partial charge >= 0.3 is 0 Å². The van der Waals surface area contributed by atoms with Gasteiger partial charge in [-0.2, -0.15) is 0 Å². The first-order valence-electron chi connectivity index (χ1n) is 18.2. The Morgan fingerprint density at radius 3 is 2.31 bits per heavy atom. The van der Waals surface area contributed by atoms with Crippen molar-refractivity contribution in [1.82, 2.24) is 0 Å². The van der Waals surface area contributed by atoms with Gasteiger partial charge in [-0.25, -0.2) is 0 Å². The first-order valence-corrected chi connectivity index (χ1v) is 18.5. The highest BCUT2D eigenvalue weighted by Gasteiger charge is 2.30. The second-order valence-corrected chi connectivity index (χ2v) is 14.6. The lowest BCUT2D eigenvalue weighted by atomic mass is 9.84. The summed E-state index contributed by atoms with van der Waals surface area (Å²) < 4.78 is 6.32. The Morgan fingerprint density at radius 2 is 1.42 bits per heavy atom. The zero-order valence-corrected chi connectivity index (χ0v) is 29.9. The third kappa shape index (κ3) is 4.78. The van der Waals surface area contributed by atoms with Crippen molar-refractivity contribution in [3.63, 3.8) is 0 Å². The first-order chi connectivity index (χ1) is 25.5. The van der Waals surface area contributed by atoms with E-state index in [0.29, 0.717) is 10.9 Å². The van der Waals surface area contributed by atoms with Crippen LogP contribution in [0.15, 0.2) is 167 Å². The Labute approximate surface area is 309 Å². The number of fused-ring (bicyclic) bond motifs is 8. The van der Waals surface area contributed by atoms with Gasteiger partial charge in [0.05, 0.1) is 22.1 Å². The number of allylic oxidation sites excluding steroid dienone is 8. The largest absolute Gasteiger partial charge is 0.456 e. The van der Waals surface area contributed by atoms with Gasteiger partial charge in [-0.3, -0.25) is 0 Å². The molecule has 1 aliphatic heterocycles. The van der Waals surface area contributed by atoms with Gasteiger partial charge in [0.25, 0.3) is 0 Å². The summed E-state index contributed by atoms with van der Waals surface area (Å²) in [5.41, 5.74) is 18.7. The lowest BCUT2D eigenvalue weighted by Gasteiger charge is -2.29. The lowest BCUT2D eigenvalue weighted by molar-refractivity contribution is 0.669. The fourth-order valence-electron chi connectivity index (χ4n) is 8.69. The molecule has 0 saturated heterocycles. The van der Waals surface area contributed by atoms with E-state index in [1.54, 1.807) is 0 Å². The van der Waals surface area contributed by atoms with E-state index in [9.17, 15) is 0 Å². The van der Waals surface area contributed by atoms with E-state index in [1.165, 1.54) is 44.5 Å². The van der Waals surface area contributed by atoms with Gasteiger partial charge in [0, 0.05) is 21.9 Å². The van der Waals surface area contributed by atoms with E-state index < -0.39 is 0 Å². The van der Waals surface area contributed by atoms with Crippen molar-refractivity contribution in [2.75, 3.05) is 4.90 Å². The van der Waals surface area contributed by atoms with Gasteiger partial charge in [-0.1, -0.05) is 122 Å². The van der Waals surface area contributed by atoms with Crippen LogP contribution < -0.4 is 4.90 Å². The number of nitrogens with zero attached hydrogens (tertiary/aromatic N) is 1. The van der Waals surface area contributed by atoms with E-state index in [-0.39, 0.29) is 0 Å². The van der Waals surface area contributed by atoms with Gasteiger partial charge in [-0.05, 0) is 124 Å². The molecule has 0 spiro atoms. The normalized spacial score (nSPS) is 16.2. The average molecular weight is 690 g/mol. The highest BCUT2D eigenvalue weighted by Crippen LogP contribution is 2.54. The van der Waals surface area contributed by atoms with Crippen LogP contribution in [-0.2, 0) is 0 Å². The minimum absolute atomic E-state index is 0.504. The molecule has 2 aliphatic carbocycles. The Balaban J connectivity index is 1.24. The van der Waals surface area contributed by atoms with E-state index >= 15 is 0 Å². The summed E-state index contributed by atoms with van der Waals surface area (Å²) in [5, 5.41) is 2.97. The van der Waals surface area contributed by atoms with E-state index in [4.69, 9.17) is 16.0 Å². The topological polar surface area (TPSA) is 16.4 Å². The second kappa shape index (κ2) is 12.1. The van der Waals surface area contributed by atoms with Crippen LogP contribution in [0.1, 0.15) is 30.9 Å². The van der Waals surface area contributed by atoms with Crippen LogP contribution in [0.4, 0.5) is 17.1 Å². The number of anilines is 3. The summed E-state index contributed by atoms with van der Waals surface area (Å²) in [6.45, 7) is 4.58. The van der Waals surface area contributed by atoms with Crippen LogP contribution in [0.3, 0.4) is 0 Å². The predicted molar refractivity (Wildman–Crippen MR) is 220 cm³/mol. The SMILES string of the molecule is Cc1cccc2c1-c1cc(C3=C(C4=CC=CCC4C)CC=C3)ccc1N(c1ccccc1Cl)c1ccc(-c3cccc4oc5ccccc5c34)cc1-2. The molecule has 52 heavy (non-hydrogen) atoms. The first kappa shape index (κ1) is 30.9. The van der Waals surface area contributed by atoms with Crippen LogP contribution in [0.25, 0.3) is 60.9 Å². The molecule has 250 valence electrons. The summed E-state index contributed by atoms with van der Waals surface area (Å²) in [6.07, 6.45) is 13.5. The number of halogens is 1. The Morgan fingerprint density at radius 1 is 0.673 bits per heavy atom. The maximum atomic E-state index is 7.10. The summed E-state index contributed by atoms with van der Waals surface area (Å²) >= 11 is 7.10. The Kier molecular flexibility index (Phi) is 7.23. The summed E-state index contributed by atoms with van der Waals surface area (Å²) in [5.74, 6) is 0.504. The highest BCUT2D eigenvalue weighted by molar-refractivity contribution is 6.33. The molecule has 6 aromatic carbocycles.